The highest BCUT2D eigenvalue weighted by Gasteiger charge is 2.10. The molecule has 122 valence electrons. The van der Waals surface area contributed by atoms with Crippen molar-refractivity contribution < 1.29 is 4.79 Å². The fraction of sp³-hybridized carbons (Fsp3) is 0.200. The predicted octanol–water partition coefficient (Wildman–Crippen LogP) is 3.92. The second-order valence-corrected chi connectivity index (χ2v) is 5.91. The second kappa shape index (κ2) is 7.47. The zero-order valence-electron chi connectivity index (χ0n) is 14.4. The number of amides is 1. The van der Waals surface area contributed by atoms with Crippen LogP contribution in [0.25, 0.3) is 6.08 Å². The van der Waals surface area contributed by atoms with Gasteiger partial charge < -0.3 is 10.2 Å². The van der Waals surface area contributed by atoms with Crippen LogP contribution in [0.3, 0.4) is 0 Å². The van der Waals surface area contributed by atoms with Crippen molar-refractivity contribution in [1.29, 1.82) is 5.26 Å². The van der Waals surface area contributed by atoms with E-state index in [2.05, 4.69) is 5.32 Å². The molecule has 0 saturated heterocycles. The van der Waals surface area contributed by atoms with Gasteiger partial charge in [-0.15, -0.1) is 0 Å². The van der Waals surface area contributed by atoms with Crippen LogP contribution in [-0.4, -0.2) is 20.0 Å². The molecule has 0 fully saturated rings. The molecular formula is C20H21N3O. The van der Waals surface area contributed by atoms with Crippen LogP contribution >= 0.6 is 0 Å². The minimum atomic E-state index is -0.405. The molecule has 0 saturated carbocycles. The van der Waals surface area contributed by atoms with Crippen LogP contribution in [0.5, 0.6) is 0 Å². The molecule has 0 bridgehead atoms. The van der Waals surface area contributed by atoms with Gasteiger partial charge in [0.1, 0.15) is 11.6 Å². The molecular weight excluding hydrogens is 298 g/mol. The Labute approximate surface area is 143 Å². The maximum absolute atomic E-state index is 12.3. The summed E-state index contributed by atoms with van der Waals surface area (Å²) in [7, 11) is 3.92. The van der Waals surface area contributed by atoms with E-state index >= 15 is 0 Å². The molecule has 4 nitrogen and oxygen atoms in total. The Hall–Kier alpha value is -3.06. The van der Waals surface area contributed by atoms with E-state index in [-0.39, 0.29) is 5.57 Å². The summed E-state index contributed by atoms with van der Waals surface area (Å²) >= 11 is 0. The summed E-state index contributed by atoms with van der Waals surface area (Å²) < 4.78 is 0. The summed E-state index contributed by atoms with van der Waals surface area (Å²) in [6.45, 7) is 4.00. The molecule has 1 N–H and O–H groups in total. The molecule has 4 heteroatoms. The third-order valence-electron chi connectivity index (χ3n) is 3.85. The maximum atomic E-state index is 12.3. The Kier molecular flexibility index (Phi) is 5.39. The van der Waals surface area contributed by atoms with E-state index in [4.69, 9.17) is 0 Å². The van der Waals surface area contributed by atoms with Gasteiger partial charge in [0.05, 0.1) is 0 Å². The van der Waals surface area contributed by atoms with Crippen LogP contribution in [0.1, 0.15) is 16.7 Å². The van der Waals surface area contributed by atoms with Crippen molar-refractivity contribution in [2.45, 2.75) is 13.8 Å². The van der Waals surface area contributed by atoms with Crippen molar-refractivity contribution in [2.24, 2.45) is 0 Å². The van der Waals surface area contributed by atoms with Crippen molar-refractivity contribution in [1.82, 2.24) is 0 Å². The fourth-order valence-corrected chi connectivity index (χ4v) is 2.20. The van der Waals surface area contributed by atoms with Crippen molar-refractivity contribution in [2.75, 3.05) is 24.3 Å². The van der Waals surface area contributed by atoms with Gasteiger partial charge in [0, 0.05) is 25.5 Å². The number of benzene rings is 2. The number of rotatable bonds is 4. The second-order valence-electron chi connectivity index (χ2n) is 5.91. The Morgan fingerprint density at radius 2 is 1.75 bits per heavy atom. The van der Waals surface area contributed by atoms with Crippen LogP contribution in [0.2, 0.25) is 0 Å². The van der Waals surface area contributed by atoms with Crippen LogP contribution in [-0.2, 0) is 4.79 Å². The monoisotopic (exact) mass is 319 g/mol. The van der Waals surface area contributed by atoms with Crippen LogP contribution < -0.4 is 10.2 Å². The molecule has 24 heavy (non-hydrogen) atoms. The SMILES string of the molecule is Cc1ccc(NC(=O)/C(C#N)=C/c2ccc(N(C)C)cc2)cc1C. The van der Waals surface area contributed by atoms with Gasteiger partial charge in [-0.05, 0) is 60.9 Å². The lowest BCUT2D eigenvalue weighted by atomic mass is 10.1. The van der Waals surface area contributed by atoms with Gasteiger partial charge in [-0.3, -0.25) is 4.79 Å². The minimum absolute atomic E-state index is 0.0748. The Bertz CT molecular complexity index is 812. The summed E-state index contributed by atoms with van der Waals surface area (Å²) in [5.41, 5.74) is 4.88. The van der Waals surface area contributed by atoms with Gasteiger partial charge in [0.2, 0.25) is 0 Å². The van der Waals surface area contributed by atoms with E-state index < -0.39 is 5.91 Å². The maximum Gasteiger partial charge on any atom is 0.266 e. The topological polar surface area (TPSA) is 56.1 Å². The number of anilines is 2. The lowest BCUT2D eigenvalue weighted by Gasteiger charge is -2.12. The number of carbonyl (C=O) groups is 1. The number of aryl methyl sites for hydroxylation is 2. The Balaban J connectivity index is 2.18. The van der Waals surface area contributed by atoms with Gasteiger partial charge in [-0.25, -0.2) is 0 Å². The molecule has 1 amide bonds. The number of nitrogens with zero attached hydrogens (tertiary/aromatic N) is 2. The Morgan fingerprint density at radius 1 is 1.08 bits per heavy atom. The summed E-state index contributed by atoms with van der Waals surface area (Å²) in [6.07, 6.45) is 1.59. The van der Waals surface area contributed by atoms with E-state index in [1.807, 2.05) is 81.4 Å². The normalized spacial score (nSPS) is 10.9. The third-order valence-corrected chi connectivity index (χ3v) is 3.85. The third kappa shape index (κ3) is 4.23. The first-order chi connectivity index (χ1) is 11.4. The smallest absolute Gasteiger partial charge is 0.266 e. The van der Waals surface area contributed by atoms with Gasteiger partial charge in [-0.2, -0.15) is 5.26 Å². The number of hydrogen-bond donors (Lipinski definition) is 1. The molecule has 0 spiro atoms. The van der Waals surface area contributed by atoms with Crippen LogP contribution in [0, 0.1) is 25.2 Å². The summed E-state index contributed by atoms with van der Waals surface area (Å²) in [6, 6.07) is 15.3. The molecule has 0 heterocycles. The van der Waals surface area contributed by atoms with Crippen LogP contribution in [0.15, 0.2) is 48.0 Å². The molecule has 0 aliphatic rings. The zero-order chi connectivity index (χ0) is 17.7. The molecule has 0 radical (unpaired) electrons. The number of carbonyl (C=O) groups excluding carboxylic acids is 1. The van der Waals surface area contributed by atoms with Gasteiger partial charge in [0.15, 0.2) is 0 Å². The first-order valence-corrected chi connectivity index (χ1v) is 7.68. The molecule has 0 aliphatic heterocycles. The molecule has 2 aromatic rings. The van der Waals surface area contributed by atoms with Gasteiger partial charge in [-0.1, -0.05) is 18.2 Å². The Morgan fingerprint density at radius 3 is 2.29 bits per heavy atom. The predicted molar refractivity (Wildman–Crippen MR) is 98.9 cm³/mol. The standard InChI is InChI=1S/C20H21N3O/c1-14-5-8-18(11-15(14)2)22-20(24)17(13-21)12-16-6-9-19(10-7-16)23(3)4/h5-12H,1-4H3,(H,22,24)/b17-12+. The van der Waals surface area contributed by atoms with E-state index in [1.165, 1.54) is 0 Å². The lowest BCUT2D eigenvalue weighted by Crippen LogP contribution is -2.13. The molecule has 0 unspecified atom stereocenters. The lowest BCUT2D eigenvalue weighted by molar-refractivity contribution is -0.112. The van der Waals surface area contributed by atoms with Crippen molar-refractivity contribution >= 4 is 23.4 Å². The summed E-state index contributed by atoms with van der Waals surface area (Å²) in [4.78, 5) is 14.3. The van der Waals surface area contributed by atoms with Crippen molar-refractivity contribution in [3.8, 4) is 6.07 Å². The van der Waals surface area contributed by atoms with Gasteiger partial charge in [0.25, 0.3) is 5.91 Å². The number of nitriles is 1. The highest BCUT2D eigenvalue weighted by molar-refractivity contribution is 6.09. The summed E-state index contributed by atoms with van der Waals surface area (Å²) in [5, 5.41) is 12.1. The quantitative estimate of drug-likeness (QED) is 0.686. The first-order valence-electron chi connectivity index (χ1n) is 7.68. The van der Waals surface area contributed by atoms with Gasteiger partial charge >= 0.3 is 0 Å². The molecule has 0 atom stereocenters. The molecule has 0 aromatic heterocycles. The highest BCUT2D eigenvalue weighted by atomic mass is 16.1. The average molecular weight is 319 g/mol. The molecule has 2 rings (SSSR count). The minimum Gasteiger partial charge on any atom is -0.378 e. The number of nitrogens with one attached hydrogen (secondary N) is 1. The largest absolute Gasteiger partial charge is 0.378 e. The van der Waals surface area contributed by atoms with E-state index in [1.54, 1.807) is 6.08 Å². The van der Waals surface area contributed by atoms with E-state index in [9.17, 15) is 10.1 Å². The average Bonchev–Trinajstić information content (AvgIpc) is 2.56. The fourth-order valence-electron chi connectivity index (χ4n) is 2.20. The van der Waals surface area contributed by atoms with Crippen LogP contribution in [0.4, 0.5) is 11.4 Å². The molecule has 0 aliphatic carbocycles. The first kappa shape index (κ1) is 17.3. The van der Waals surface area contributed by atoms with Crippen molar-refractivity contribution in [3.63, 3.8) is 0 Å². The van der Waals surface area contributed by atoms with E-state index in [0.29, 0.717) is 5.69 Å². The van der Waals surface area contributed by atoms with Crippen molar-refractivity contribution in [3.05, 3.63) is 64.7 Å². The summed E-state index contributed by atoms with van der Waals surface area (Å²) in [5.74, 6) is -0.405. The highest BCUT2D eigenvalue weighted by Crippen LogP contribution is 2.17. The zero-order valence-corrected chi connectivity index (χ0v) is 14.4. The number of hydrogen-bond acceptors (Lipinski definition) is 3. The molecule has 2 aromatic carbocycles. The van der Waals surface area contributed by atoms with E-state index in [0.717, 1.165) is 22.4 Å².